The van der Waals surface area contributed by atoms with E-state index >= 15 is 0 Å². The maximum atomic E-state index is 13.4. The molecule has 0 bridgehead atoms. The number of aromatic hydroxyl groups is 1. The molecule has 206 valence electrons. The maximum absolute atomic E-state index is 13.4. The van der Waals surface area contributed by atoms with Gasteiger partial charge in [-0.1, -0.05) is 57.2 Å². The van der Waals surface area contributed by atoms with Crippen LogP contribution in [0.5, 0.6) is 5.75 Å². The van der Waals surface area contributed by atoms with E-state index in [1.807, 2.05) is 70.2 Å². The second-order valence-electron chi connectivity index (χ2n) is 10.8. The number of phenolic OH excluding ortho intramolecular Hbond substituents is 1. The number of halogens is 1. The number of carbonyl (C=O) groups is 2. The Morgan fingerprint density at radius 1 is 1.13 bits per heavy atom. The number of benzene rings is 2. The molecule has 39 heavy (non-hydrogen) atoms. The van der Waals surface area contributed by atoms with Crippen LogP contribution in [-0.2, 0) is 29.8 Å². The molecule has 1 aliphatic rings. The highest BCUT2D eigenvalue weighted by Gasteiger charge is 2.29. The molecule has 2 aromatic carbocycles. The van der Waals surface area contributed by atoms with Crippen LogP contribution in [0.1, 0.15) is 64.8 Å². The molecule has 2 N–H and O–H groups in total. The van der Waals surface area contributed by atoms with Crippen molar-refractivity contribution in [3.8, 4) is 5.75 Å². The Labute approximate surface area is 239 Å². The molecule has 0 saturated heterocycles. The molecule has 1 amide bonds. The van der Waals surface area contributed by atoms with Crippen molar-refractivity contribution in [2.45, 2.75) is 52.8 Å². The lowest BCUT2D eigenvalue weighted by Gasteiger charge is -2.25. The van der Waals surface area contributed by atoms with Gasteiger partial charge in [-0.15, -0.1) is 17.0 Å². The van der Waals surface area contributed by atoms with Crippen LogP contribution in [0.3, 0.4) is 0 Å². The summed E-state index contributed by atoms with van der Waals surface area (Å²) in [4.78, 5) is 33.6. The predicted molar refractivity (Wildman–Crippen MR) is 156 cm³/mol. The summed E-state index contributed by atoms with van der Waals surface area (Å²) >= 11 is 0. The number of fused-ring (bicyclic) bond motifs is 1. The molecule has 2 heterocycles. The first kappa shape index (κ1) is 29.8. The molecule has 0 aliphatic carbocycles. The van der Waals surface area contributed by atoms with Crippen LogP contribution in [0.25, 0.3) is 0 Å². The number of nitrogens with one attached hydrogen (secondary N) is 1. The Morgan fingerprint density at radius 3 is 2.49 bits per heavy atom. The van der Waals surface area contributed by atoms with E-state index in [4.69, 9.17) is 10.1 Å². The molecule has 9 heteroatoms. The third-order valence-corrected chi connectivity index (χ3v) is 6.60. The number of amides is 1. The second-order valence-corrected chi connectivity index (χ2v) is 10.8. The van der Waals surface area contributed by atoms with Crippen molar-refractivity contribution in [1.82, 2.24) is 14.8 Å². The van der Waals surface area contributed by atoms with Crippen molar-refractivity contribution in [1.29, 1.82) is 5.41 Å². The highest BCUT2D eigenvalue weighted by Crippen LogP contribution is 2.35. The van der Waals surface area contributed by atoms with Gasteiger partial charge in [-0.3, -0.25) is 10.2 Å². The number of carbonyl (C=O) groups excluding carboxylic acids is 2. The van der Waals surface area contributed by atoms with Crippen molar-refractivity contribution >= 4 is 34.7 Å². The number of ketones is 1. The number of amidine groups is 1. The Morgan fingerprint density at radius 2 is 1.82 bits per heavy atom. The quantitative estimate of drug-likeness (QED) is 0.337. The summed E-state index contributed by atoms with van der Waals surface area (Å²) in [6.07, 6.45) is -0.534. The molecule has 0 saturated carbocycles. The summed E-state index contributed by atoms with van der Waals surface area (Å²) in [6.45, 7) is 8.41. The van der Waals surface area contributed by atoms with Crippen LogP contribution in [0, 0.1) is 12.3 Å². The molecule has 8 nitrogen and oxygen atoms in total. The predicted octanol–water partition coefficient (Wildman–Crippen LogP) is 5.76. The number of phenols is 1. The molecule has 1 aromatic heterocycles. The van der Waals surface area contributed by atoms with Crippen molar-refractivity contribution in [3.63, 3.8) is 0 Å². The Balaban J connectivity index is 0.00000420. The second kappa shape index (κ2) is 12.0. The number of nitrogens with zero attached hydrogens (tertiary/aromatic N) is 3. The van der Waals surface area contributed by atoms with E-state index in [0.29, 0.717) is 28.9 Å². The van der Waals surface area contributed by atoms with Gasteiger partial charge in [0, 0.05) is 41.5 Å². The standard InChI is InChI=1S/C30H34N4O4.BrH/c1-19-11-12-21-16-34(28(31)26(21)32-19)17-25(35)22-13-23(27(36)24(14-22)30(2,3)4)15-33(5)29(37)38-18-20-9-7-6-8-10-20;/h6-14,31,36H,15-18H2,1-5H3;1H. The smallest absolute Gasteiger partial charge is 0.410 e. The fourth-order valence-electron chi connectivity index (χ4n) is 4.45. The number of hydrogen-bond acceptors (Lipinski definition) is 6. The topological polar surface area (TPSA) is 107 Å². The third kappa shape index (κ3) is 6.84. The number of pyridine rings is 1. The summed E-state index contributed by atoms with van der Waals surface area (Å²) in [5.41, 5.74) is 4.27. The van der Waals surface area contributed by atoms with Gasteiger partial charge in [0.25, 0.3) is 0 Å². The Bertz CT molecular complexity index is 1390. The average molecular weight is 596 g/mol. The SMILES string of the molecule is Br.Cc1ccc2c(n1)C(=N)N(CC(=O)c1cc(CN(C)C(=O)OCc3ccccc3)c(O)c(C(C)(C)C)c1)C2. The number of Topliss-reactive ketones (excluding diaryl/α,β-unsaturated/α-hetero) is 1. The van der Waals surface area contributed by atoms with Gasteiger partial charge in [0.1, 0.15) is 23.9 Å². The normalized spacial score (nSPS) is 12.5. The molecule has 0 unspecified atom stereocenters. The van der Waals surface area contributed by atoms with Gasteiger partial charge in [0.05, 0.1) is 13.1 Å². The van der Waals surface area contributed by atoms with E-state index in [0.717, 1.165) is 16.8 Å². The first-order chi connectivity index (χ1) is 17.9. The number of hydrogen-bond donors (Lipinski definition) is 2. The fraction of sp³-hybridized carbons (Fsp3) is 0.333. The van der Waals surface area contributed by atoms with E-state index in [1.165, 1.54) is 4.90 Å². The van der Waals surface area contributed by atoms with Crippen molar-refractivity contribution in [2.75, 3.05) is 13.6 Å². The van der Waals surface area contributed by atoms with Gasteiger partial charge in [0.15, 0.2) is 5.78 Å². The van der Waals surface area contributed by atoms with Gasteiger partial charge in [-0.2, -0.15) is 0 Å². The molecule has 3 aromatic rings. The van der Waals surface area contributed by atoms with Crippen molar-refractivity contribution < 1.29 is 19.4 Å². The number of aromatic nitrogens is 1. The van der Waals surface area contributed by atoms with Crippen LogP contribution in [0.15, 0.2) is 54.6 Å². The minimum absolute atomic E-state index is 0. The molecule has 0 fully saturated rings. The van der Waals surface area contributed by atoms with Crippen molar-refractivity contribution in [2.24, 2.45) is 0 Å². The molecule has 0 radical (unpaired) electrons. The summed E-state index contributed by atoms with van der Waals surface area (Å²) in [5.74, 6) is 0.103. The van der Waals surface area contributed by atoms with Gasteiger partial charge >= 0.3 is 6.09 Å². The molecular formula is C30H35BrN4O4. The first-order valence-corrected chi connectivity index (χ1v) is 12.6. The molecular weight excluding hydrogens is 560 g/mol. The highest BCUT2D eigenvalue weighted by atomic mass is 79.9. The highest BCUT2D eigenvalue weighted by molar-refractivity contribution is 8.93. The number of rotatable bonds is 7. The Hall–Kier alpha value is -3.72. The fourth-order valence-corrected chi connectivity index (χ4v) is 4.45. The average Bonchev–Trinajstić information content (AvgIpc) is 3.17. The van der Waals surface area contributed by atoms with E-state index in [-0.39, 0.29) is 54.0 Å². The summed E-state index contributed by atoms with van der Waals surface area (Å²) in [5, 5.41) is 19.6. The lowest BCUT2D eigenvalue weighted by atomic mass is 9.83. The maximum Gasteiger partial charge on any atom is 0.410 e. The largest absolute Gasteiger partial charge is 0.507 e. The van der Waals surface area contributed by atoms with Gasteiger partial charge in [-0.05, 0) is 36.1 Å². The van der Waals surface area contributed by atoms with Crippen LogP contribution < -0.4 is 0 Å². The summed E-state index contributed by atoms with van der Waals surface area (Å²) < 4.78 is 5.42. The number of aryl methyl sites for hydroxylation is 1. The van der Waals surface area contributed by atoms with Crippen LogP contribution in [0.4, 0.5) is 4.79 Å². The summed E-state index contributed by atoms with van der Waals surface area (Å²) in [6, 6.07) is 16.6. The van der Waals surface area contributed by atoms with Gasteiger partial charge in [0.2, 0.25) is 0 Å². The lowest BCUT2D eigenvalue weighted by Crippen LogP contribution is -2.31. The van der Waals surface area contributed by atoms with Crippen LogP contribution in [-0.4, -0.2) is 51.2 Å². The zero-order chi connectivity index (χ0) is 27.6. The van der Waals surface area contributed by atoms with E-state index in [2.05, 4.69) is 4.98 Å². The zero-order valence-electron chi connectivity index (χ0n) is 22.9. The minimum Gasteiger partial charge on any atom is -0.507 e. The van der Waals surface area contributed by atoms with Crippen molar-refractivity contribution in [3.05, 3.63) is 93.8 Å². The molecule has 1 aliphatic heterocycles. The lowest BCUT2D eigenvalue weighted by molar-refractivity contribution is 0.0962. The molecule has 4 rings (SSSR count). The van der Waals surface area contributed by atoms with E-state index < -0.39 is 11.5 Å². The Kier molecular flexibility index (Phi) is 9.17. The number of ether oxygens (including phenoxy) is 1. The molecule has 0 atom stereocenters. The zero-order valence-corrected chi connectivity index (χ0v) is 24.7. The van der Waals surface area contributed by atoms with Crippen LogP contribution >= 0.6 is 17.0 Å². The monoisotopic (exact) mass is 594 g/mol. The van der Waals surface area contributed by atoms with E-state index in [9.17, 15) is 14.7 Å². The first-order valence-electron chi connectivity index (χ1n) is 12.6. The summed E-state index contributed by atoms with van der Waals surface area (Å²) in [7, 11) is 1.59. The van der Waals surface area contributed by atoms with Crippen LogP contribution in [0.2, 0.25) is 0 Å². The van der Waals surface area contributed by atoms with Gasteiger partial charge < -0.3 is 19.6 Å². The van der Waals surface area contributed by atoms with E-state index in [1.54, 1.807) is 24.1 Å². The third-order valence-electron chi connectivity index (χ3n) is 6.60. The molecule has 0 spiro atoms. The van der Waals surface area contributed by atoms with Gasteiger partial charge in [-0.25, -0.2) is 9.78 Å². The minimum atomic E-state index is -0.534.